The Labute approximate surface area is 197 Å². The van der Waals surface area contributed by atoms with Gasteiger partial charge in [0, 0.05) is 43.0 Å². The minimum atomic E-state index is -0.108. The summed E-state index contributed by atoms with van der Waals surface area (Å²) in [5, 5.41) is 17.0. The number of allylic oxidation sites excluding steroid dienone is 4. The molecular weight excluding hydrogens is 430 g/mol. The maximum atomic E-state index is 11.4. The fourth-order valence-corrected chi connectivity index (χ4v) is 4.92. The van der Waals surface area contributed by atoms with Crippen LogP contribution >= 0.6 is 0 Å². The monoisotopic (exact) mass is 459 g/mol. The Morgan fingerprint density at radius 2 is 1.53 bits per heavy atom. The van der Waals surface area contributed by atoms with Crippen molar-refractivity contribution in [1.82, 2.24) is 34.5 Å². The molecule has 0 radical (unpaired) electrons. The lowest BCUT2D eigenvalue weighted by molar-refractivity contribution is -0.113. The van der Waals surface area contributed by atoms with E-state index in [-0.39, 0.29) is 11.3 Å². The first-order valence-electron chi connectivity index (χ1n) is 12.0. The van der Waals surface area contributed by atoms with Gasteiger partial charge in [0.2, 0.25) is 5.56 Å². The summed E-state index contributed by atoms with van der Waals surface area (Å²) in [4.78, 5) is 25.5. The third-order valence-electron chi connectivity index (χ3n) is 6.72. The first-order valence-corrected chi connectivity index (χ1v) is 12.0. The van der Waals surface area contributed by atoms with Gasteiger partial charge in [0.25, 0.3) is 0 Å². The zero-order valence-electron chi connectivity index (χ0n) is 19.6. The Bertz CT molecular complexity index is 1330. The molecule has 9 nitrogen and oxygen atoms in total. The number of nitrogens with zero attached hydrogens (tertiary/aromatic N) is 6. The van der Waals surface area contributed by atoms with E-state index in [0.29, 0.717) is 18.3 Å². The second-order valence-electron chi connectivity index (χ2n) is 9.28. The van der Waals surface area contributed by atoms with Crippen molar-refractivity contribution in [3.05, 3.63) is 64.3 Å². The summed E-state index contributed by atoms with van der Waals surface area (Å²) < 4.78 is 4.28. The third-order valence-corrected chi connectivity index (χ3v) is 6.72. The van der Waals surface area contributed by atoms with Gasteiger partial charge in [-0.1, -0.05) is 32.1 Å². The third kappa shape index (κ3) is 4.30. The molecule has 1 N–H and O–H groups in total. The van der Waals surface area contributed by atoms with Gasteiger partial charge in [-0.25, -0.2) is 0 Å². The van der Waals surface area contributed by atoms with Crippen LogP contribution in [0.25, 0.3) is 17.1 Å². The molecule has 0 amide bonds. The number of H-pyrrole nitrogens is 1. The predicted molar refractivity (Wildman–Crippen MR) is 128 cm³/mol. The molecule has 0 fully saturated rings. The van der Waals surface area contributed by atoms with Crippen LogP contribution in [0.5, 0.6) is 0 Å². The number of ketones is 1. The SMILES string of the molecule is CC1CCCn2c(-c3cccc(=O)[nH]3)nnc21.CC1CCCn2c(C3=CC=CC(=O)C3)nnc21. The van der Waals surface area contributed by atoms with E-state index < -0.39 is 0 Å². The lowest BCUT2D eigenvalue weighted by Crippen LogP contribution is -2.16. The van der Waals surface area contributed by atoms with E-state index >= 15 is 0 Å². The fourth-order valence-electron chi connectivity index (χ4n) is 4.92. The molecule has 3 aromatic rings. The number of pyridine rings is 1. The minimum Gasteiger partial charge on any atom is -0.319 e. The van der Waals surface area contributed by atoms with Gasteiger partial charge in [-0.2, -0.15) is 0 Å². The summed E-state index contributed by atoms with van der Waals surface area (Å²) in [7, 11) is 0. The Hall–Kier alpha value is -3.62. The van der Waals surface area contributed by atoms with Gasteiger partial charge in [0.15, 0.2) is 17.4 Å². The summed E-state index contributed by atoms with van der Waals surface area (Å²) >= 11 is 0. The summed E-state index contributed by atoms with van der Waals surface area (Å²) in [6.07, 6.45) is 10.5. The number of carbonyl (C=O) groups is 1. The largest absolute Gasteiger partial charge is 0.319 e. The number of carbonyl (C=O) groups excluding carboxylic acids is 1. The van der Waals surface area contributed by atoms with Gasteiger partial charge >= 0.3 is 0 Å². The highest BCUT2D eigenvalue weighted by Crippen LogP contribution is 2.30. The van der Waals surface area contributed by atoms with Crippen LogP contribution in [0.15, 0.2) is 41.2 Å². The number of fused-ring (bicyclic) bond motifs is 2. The molecule has 5 heterocycles. The number of aromatic amines is 1. The van der Waals surface area contributed by atoms with Crippen LogP contribution in [-0.4, -0.2) is 40.3 Å². The van der Waals surface area contributed by atoms with Crippen molar-refractivity contribution >= 4 is 11.4 Å². The molecule has 0 saturated carbocycles. The van der Waals surface area contributed by atoms with E-state index in [1.54, 1.807) is 18.2 Å². The maximum Gasteiger partial charge on any atom is 0.248 e. The molecule has 0 saturated heterocycles. The molecule has 0 bridgehead atoms. The molecule has 34 heavy (non-hydrogen) atoms. The molecule has 2 unspecified atom stereocenters. The molecule has 3 aliphatic rings. The second kappa shape index (κ2) is 9.32. The molecule has 2 atom stereocenters. The van der Waals surface area contributed by atoms with Crippen molar-refractivity contribution in [3.8, 4) is 11.5 Å². The highest BCUT2D eigenvalue weighted by molar-refractivity contribution is 5.99. The summed E-state index contributed by atoms with van der Waals surface area (Å²) in [6, 6.07) is 5.10. The maximum absolute atomic E-state index is 11.4. The summed E-state index contributed by atoms with van der Waals surface area (Å²) in [5.41, 5.74) is 1.62. The van der Waals surface area contributed by atoms with Crippen molar-refractivity contribution in [1.29, 1.82) is 0 Å². The minimum absolute atomic E-state index is 0.108. The molecule has 3 aromatic heterocycles. The Kier molecular flexibility index (Phi) is 6.08. The van der Waals surface area contributed by atoms with Crippen molar-refractivity contribution in [2.75, 3.05) is 0 Å². The topological polar surface area (TPSA) is 111 Å². The Balaban J connectivity index is 0.000000142. The van der Waals surface area contributed by atoms with Gasteiger partial charge in [-0.3, -0.25) is 9.59 Å². The zero-order valence-corrected chi connectivity index (χ0v) is 19.6. The quantitative estimate of drug-likeness (QED) is 0.627. The standard InChI is InChI=1S/C13H15N3O.C12H14N4O/c1-9-4-3-7-16-12(9)14-15-13(16)10-5-2-6-11(17)8-10;1-8-4-3-7-16-11(8)14-15-12(16)9-5-2-6-10(17)13-9/h2,5-6,9H,3-4,7-8H2,1H3;2,5-6,8H,3-4,7H2,1H3,(H,13,17). The number of hydrogen-bond donors (Lipinski definition) is 1. The number of aromatic nitrogens is 7. The van der Waals surface area contributed by atoms with Crippen LogP contribution in [0.3, 0.4) is 0 Å². The van der Waals surface area contributed by atoms with Gasteiger partial charge < -0.3 is 14.1 Å². The van der Waals surface area contributed by atoms with Crippen LogP contribution in [0.2, 0.25) is 0 Å². The van der Waals surface area contributed by atoms with Gasteiger partial charge in [-0.15, -0.1) is 20.4 Å². The number of rotatable bonds is 2. The Morgan fingerprint density at radius 3 is 2.18 bits per heavy atom. The number of hydrogen-bond acceptors (Lipinski definition) is 6. The average molecular weight is 460 g/mol. The van der Waals surface area contributed by atoms with E-state index in [1.807, 2.05) is 12.1 Å². The van der Waals surface area contributed by atoms with E-state index in [0.717, 1.165) is 66.9 Å². The van der Waals surface area contributed by atoms with Crippen molar-refractivity contribution in [2.45, 2.75) is 70.9 Å². The van der Waals surface area contributed by atoms with E-state index in [2.05, 4.69) is 48.4 Å². The molecule has 6 rings (SSSR count). The van der Waals surface area contributed by atoms with Crippen LogP contribution in [0.1, 0.15) is 75.3 Å². The van der Waals surface area contributed by atoms with Crippen LogP contribution in [-0.2, 0) is 17.9 Å². The van der Waals surface area contributed by atoms with Crippen molar-refractivity contribution < 1.29 is 4.79 Å². The van der Waals surface area contributed by atoms with Crippen molar-refractivity contribution in [3.63, 3.8) is 0 Å². The first-order chi connectivity index (χ1) is 16.5. The molecule has 2 aliphatic heterocycles. The molecule has 0 aromatic carbocycles. The van der Waals surface area contributed by atoms with Crippen LogP contribution in [0.4, 0.5) is 0 Å². The Morgan fingerprint density at radius 1 is 0.882 bits per heavy atom. The molecule has 176 valence electrons. The van der Waals surface area contributed by atoms with Crippen molar-refractivity contribution in [2.24, 2.45) is 0 Å². The highest BCUT2D eigenvalue weighted by Gasteiger charge is 2.25. The van der Waals surface area contributed by atoms with E-state index in [9.17, 15) is 9.59 Å². The van der Waals surface area contributed by atoms with E-state index in [4.69, 9.17) is 0 Å². The smallest absolute Gasteiger partial charge is 0.248 e. The van der Waals surface area contributed by atoms with Crippen LogP contribution < -0.4 is 5.56 Å². The average Bonchev–Trinajstić information content (AvgIpc) is 3.46. The fraction of sp³-hybridized carbons (Fsp3) is 0.440. The van der Waals surface area contributed by atoms with E-state index in [1.165, 1.54) is 12.5 Å². The highest BCUT2D eigenvalue weighted by atomic mass is 16.1. The summed E-state index contributed by atoms with van der Waals surface area (Å²) in [6.45, 7) is 6.25. The molecule has 9 heteroatoms. The zero-order chi connectivity index (χ0) is 23.7. The second-order valence-corrected chi connectivity index (χ2v) is 9.28. The normalized spacial score (nSPS) is 21.2. The summed E-state index contributed by atoms with van der Waals surface area (Å²) in [5.74, 6) is 4.79. The lowest BCUT2D eigenvalue weighted by atomic mass is 9.99. The predicted octanol–water partition coefficient (Wildman–Crippen LogP) is 3.62. The molecule has 0 spiro atoms. The molecule has 1 aliphatic carbocycles. The van der Waals surface area contributed by atoms with Crippen LogP contribution in [0, 0.1) is 0 Å². The van der Waals surface area contributed by atoms with Gasteiger partial charge in [0.1, 0.15) is 11.6 Å². The number of nitrogens with one attached hydrogen (secondary N) is 1. The lowest BCUT2D eigenvalue weighted by Gasteiger charge is -2.21. The molecular formula is C25H29N7O2. The van der Waals surface area contributed by atoms with Gasteiger partial charge in [0.05, 0.1) is 5.69 Å². The van der Waals surface area contributed by atoms with Gasteiger partial charge in [-0.05, 0) is 37.8 Å². The first kappa shape index (κ1) is 22.2.